The maximum atomic E-state index is 11.6. The molecule has 0 aromatic carbocycles. The van der Waals surface area contributed by atoms with Crippen molar-refractivity contribution >= 4 is 121 Å². The molecule has 0 saturated carbocycles. The summed E-state index contributed by atoms with van der Waals surface area (Å²) in [6.45, 7) is 0. The first kappa shape index (κ1) is 64.4. The zero-order chi connectivity index (χ0) is 56.7. The number of hydrogen-bond acceptors (Lipinski definition) is 24. The van der Waals surface area contributed by atoms with Crippen molar-refractivity contribution in [1.29, 1.82) is 0 Å². The van der Waals surface area contributed by atoms with Crippen molar-refractivity contribution in [2.45, 2.75) is 0 Å². The molecule has 0 fully saturated rings. The Morgan fingerprint density at radius 1 is 0.500 bits per heavy atom. The summed E-state index contributed by atoms with van der Waals surface area (Å²) in [6.07, 6.45) is 0. The zero-order valence-corrected chi connectivity index (χ0v) is 46.8. The summed E-state index contributed by atoms with van der Waals surface area (Å²) in [4.78, 5) is 94.1. The molecule has 6 rings (SSSR count). The molecular weight excluding hydrogens is 1090 g/mol. The lowest BCUT2D eigenvalue weighted by Gasteiger charge is -2.09. The van der Waals surface area contributed by atoms with Crippen molar-refractivity contribution in [1.82, 2.24) is 19.6 Å². The van der Waals surface area contributed by atoms with Gasteiger partial charge < -0.3 is 64.3 Å². The van der Waals surface area contributed by atoms with E-state index in [1.807, 2.05) is 5.38 Å². The van der Waals surface area contributed by atoms with E-state index in [4.69, 9.17) is 29.8 Å². The van der Waals surface area contributed by atoms with Crippen LogP contribution in [0.4, 0.5) is 17.1 Å². The number of nitrogens with zero attached hydrogens (tertiary/aromatic N) is 6. The highest BCUT2D eigenvalue weighted by Crippen LogP contribution is 2.38. The normalized spacial score (nSPS) is 9.64. The first-order valence-electron chi connectivity index (χ1n) is 20.0. The molecule has 0 aliphatic heterocycles. The number of nitro groups is 2. The average molecular weight is 1150 g/mol. The van der Waals surface area contributed by atoms with Crippen molar-refractivity contribution in [2.24, 2.45) is 0 Å². The standard InChI is InChI=1S/C8H10N2O4S.C8H11NO2S.C7H8N2O4S.C7H10N2O2S.C7H8O3S.C6H6O3S/c1-9(2)8(11)7-6(14-3)5(4-15-7)10(12)13;1-9(2)8(10)7-6(11-3)4-5-12-7;1-8(2)7(11)6-5(10)4(3-14-6)9(12)13;1-9(2)7(11)6-5(10)4(8)3-12-6;1-9-5-3-4-11-6(5)7(8)10-2;1-9-4-2-3-10-5(4)6(7)8/h4H,1-3H3;4-5H,1-3H3;3,10H,1-2H3;3,10H,8H2,1-2H3;3-4H,1-2H3;2-3H,1H3,(H,7,8). The van der Waals surface area contributed by atoms with Gasteiger partial charge >= 0.3 is 23.3 Å². The van der Waals surface area contributed by atoms with Gasteiger partial charge in [0.1, 0.15) is 36.8 Å². The van der Waals surface area contributed by atoms with Gasteiger partial charge in [-0.25, -0.2) is 9.59 Å². The lowest BCUT2D eigenvalue weighted by molar-refractivity contribution is -0.385. The van der Waals surface area contributed by atoms with E-state index in [9.17, 15) is 59.2 Å². The van der Waals surface area contributed by atoms with Crippen LogP contribution < -0.4 is 24.7 Å². The Bertz CT molecular complexity index is 2840. The van der Waals surface area contributed by atoms with Crippen LogP contribution in [-0.4, -0.2) is 172 Å². The van der Waals surface area contributed by atoms with E-state index in [0.29, 0.717) is 27.0 Å². The molecule has 0 saturated heterocycles. The monoisotopic (exact) mass is 1150 g/mol. The number of aromatic hydroxyl groups is 2. The second-order valence-electron chi connectivity index (χ2n) is 14.2. The van der Waals surface area contributed by atoms with Crippen LogP contribution >= 0.6 is 68.0 Å². The molecule has 0 spiro atoms. The molecule has 0 aliphatic rings. The largest absolute Gasteiger partial charge is 0.504 e. The molecule has 6 aromatic rings. The third-order valence-electron chi connectivity index (χ3n) is 8.38. The molecule has 5 N–H and O–H groups in total. The van der Waals surface area contributed by atoms with Gasteiger partial charge in [0.05, 0.1) is 61.8 Å². The Morgan fingerprint density at radius 2 is 0.851 bits per heavy atom. The fourth-order valence-corrected chi connectivity index (χ4v) is 9.84. The van der Waals surface area contributed by atoms with Gasteiger partial charge in [-0.15, -0.1) is 68.0 Å². The number of amides is 4. The number of nitrogens with two attached hydrogens (primary N) is 1. The minimum atomic E-state index is -0.938. The van der Waals surface area contributed by atoms with E-state index in [-0.39, 0.29) is 66.1 Å². The molecule has 6 aromatic heterocycles. The van der Waals surface area contributed by atoms with Gasteiger partial charge in [-0.2, -0.15) is 0 Å². The van der Waals surface area contributed by atoms with Crippen LogP contribution in [0, 0.1) is 20.2 Å². The second-order valence-corrected chi connectivity index (χ2v) is 19.6. The van der Waals surface area contributed by atoms with Crippen LogP contribution in [0.25, 0.3) is 0 Å². The highest BCUT2D eigenvalue weighted by Gasteiger charge is 2.27. The second kappa shape index (κ2) is 31.1. The molecule has 404 valence electrons. The van der Waals surface area contributed by atoms with Crippen LogP contribution in [0.3, 0.4) is 0 Å². The number of ether oxygens (including phenoxy) is 5. The van der Waals surface area contributed by atoms with Gasteiger partial charge in [0.25, 0.3) is 23.6 Å². The molecule has 4 amide bonds. The molecule has 74 heavy (non-hydrogen) atoms. The van der Waals surface area contributed by atoms with Gasteiger partial charge in [-0.05, 0) is 34.3 Å². The number of carbonyl (C=O) groups excluding carboxylic acids is 5. The van der Waals surface area contributed by atoms with Crippen LogP contribution in [0.2, 0.25) is 0 Å². The molecule has 6 heterocycles. The lowest BCUT2D eigenvalue weighted by Crippen LogP contribution is -2.21. The van der Waals surface area contributed by atoms with Crippen molar-refractivity contribution in [3.05, 3.63) is 100.0 Å². The third kappa shape index (κ3) is 18.2. The molecular formula is C43H53N7O18S6. The molecule has 31 heteroatoms. The van der Waals surface area contributed by atoms with Gasteiger partial charge in [0.2, 0.25) is 11.5 Å². The number of methoxy groups -OCH3 is 5. The quantitative estimate of drug-likeness (QED) is 0.0520. The number of nitrogen functional groups attached to an aromatic ring is 1. The summed E-state index contributed by atoms with van der Waals surface area (Å²) in [5, 5.41) is 57.4. The van der Waals surface area contributed by atoms with Crippen LogP contribution in [-0.2, 0) is 4.74 Å². The number of rotatable bonds is 12. The Hall–Kier alpha value is -7.58. The maximum absolute atomic E-state index is 11.6. The van der Waals surface area contributed by atoms with Crippen molar-refractivity contribution < 1.29 is 77.6 Å². The smallest absolute Gasteiger partial charge is 0.351 e. The van der Waals surface area contributed by atoms with Gasteiger partial charge in [-0.3, -0.25) is 39.4 Å². The van der Waals surface area contributed by atoms with Crippen LogP contribution in [0.1, 0.15) is 58.0 Å². The predicted molar refractivity (Wildman–Crippen MR) is 284 cm³/mol. The number of carbonyl (C=O) groups is 6. The Balaban J connectivity index is 0.000000446. The average Bonchev–Trinajstić information content (AvgIpc) is 4.24. The SMILES string of the molecule is CN(C)C(=O)c1scc(N)c1O.CN(C)C(=O)c1scc([N+](=O)[O-])c1O.COC(=O)c1sccc1OC.COc1c([N+](=O)[O-])csc1C(=O)N(C)C.COc1ccsc1C(=O)N(C)C.COc1ccsc1C(=O)O. The number of thiophene rings is 6. The summed E-state index contributed by atoms with van der Waals surface area (Å²) >= 11 is 6.87. The van der Waals surface area contributed by atoms with Gasteiger partial charge in [0, 0.05) is 61.8 Å². The Labute approximate surface area is 447 Å². The summed E-state index contributed by atoms with van der Waals surface area (Å²) in [5.74, 6) is -1.26. The maximum Gasteiger partial charge on any atom is 0.351 e. The highest BCUT2D eigenvalue weighted by molar-refractivity contribution is 7.14. The number of hydrogen-bond donors (Lipinski definition) is 4. The first-order chi connectivity index (χ1) is 34.7. The molecule has 0 unspecified atom stereocenters. The summed E-state index contributed by atoms with van der Waals surface area (Å²) in [6, 6.07) is 5.16. The van der Waals surface area contributed by atoms with E-state index in [1.54, 1.807) is 83.7 Å². The number of carboxylic acids is 1. The van der Waals surface area contributed by atoms with Crippen molar-refractivity contribution in [3.8, 4) is 34.5 Å². The molecule has 25 nitrogen and oxygen atoms in total. The molecule has 0 aliphatic carbocycles. The number of carboxylic acid groups (broad SMARTS) is 1. The van der Waals surface area contributed by atoms with Crippen molar-refractivity contribution in [3.63, 3.8) is 0 Å². The van der Waals surface area contributed by atoms with E-state index in [1.165, 1.54) is 90.2 Å². The Morgan fingerprint density at radius 3 is 1.20 bits per heavy atom. The first-order valence-corrected chi connectivity index (χ1v) is 25.3. The van der Waals surface area contributed by atoms with E-state index in [0.717, 1.165) is 50.7 Å². The van der Waals surface area contributed by atoms with Crippen molar-refractivity contribution in [2.75, 3.05) is 97.7 Å². The lowest BCUT2D eigenvalue weighted by atomic mass is 10.3. The zero-order valence-electron chi connectivity index (χ0n) is 41.9. The van der Waals surface area contributed by atoms with Gasteiger partial charge in [0.15, 0.2) is 15.5 Å². The van der Waals surface area contributed by atoms with Gasteiger partial charge in [-0.1, -0.05) is 0 Å². The predicted octanol–water partition coefficient (Wildman–Crippen LogP) is 7.62. The highest BCUT2D eigenvalue weighted by atomic mass is 32.1. The molecule has 0 radical (unpaired) electrons. The number of esters is 1. The number of anilines is 1. The molecule has 0 atom stereocenters. The van der Waals surface area contributed by atoms with E-state index < -0.39 is 33.2 Å². The minimum Gasteiger partial charge on any atom is -0.504 e. The topological polar surface area (TPSA) is 335 Å². The van der Waals surface area contributed by atoms with Crippen LogP contribution in [0.15, 0.2) is 50.5 Å². The third-order valence-corrected chi connectivity index (χ3v) is 13.9. The molecule has 0 bridgehead atoms. The summed E-state index contributed by atoms with van der Waals surface area (Å²) in [5.41, 5.74) is 5.02. The fraction of sp³-hybridized carbons (Fsp3) is 0.302. The number of aromatic carboxylic acids is 1. The minimum absolute atomic E-state index is 0.0122. The van der Waals surface area contributed by atoms with E-state index in [2.05, 4.69) is 4.74 Å². The van der Waals surface area contributed by atoms with Crippen LogP contribution in [0.5, 0.6) is 34.5 Å². The fourth-order valence-electron chi connectivity index (χ4n) is 4.69. The Kier molecular flexibility index (Phi) is 27.1. The summed E-state index contributed by atoms with van der Waals surface area (Å²) < 4.78 is 24.1. The summed E-state index contributed by atoms with van der Waals surface area (Å²) in [7, 11) is 20.1. The van der Waals surface area contributed by atoms with E-state index >= 15 is 0 Å².